The van der Waals surface area contributed by atoms with E-state index in [1.807, 2.05) is 43.3 Å². The lowest BCUT2D eigenvalue weighted by Gasteiger charge is -2.15. The van der Waals surface area contributed by atoms with Gasteiger partial charge >= 0.3 is 5.97 Å². The van der Waals surface area contributed by atoms with E-state index in [1.54, 1.807) is 18.2 Å². The highest BCUT2D eigenvalue weighted by Crippen LogP contribution is 2.23. The molecule has 1 unspecified atom stereocenters. The number of hydrogen-bond donors (Lipinski definition) is 1. The number of nitrogens with one attached hydrogen (secondary N) is 1. The molecule has 0 bridgehead atoms. The maximum absolute atomic E-state index is 12.6. The second-order valence-electron chi connectivity index (χ2n) is 6.61. The van der Waals surface area contributed by atoms with Crippen molar-refractivity contribution in [2.45, 2.75) is 20.0 Å². The summed E-state index contributed by atoms with van der Waals surface area (Å²) in [6.45, 7) is 3.36. The molecule has 0 saturated carbocycles. The van der Waals surface area contributed by atoms with E-state index in [2.05, 4.69) is 20.3 Å². The van der Waals surface area contributed by atoms with Gasteiger partial charge in [0.2, 0.25) is 0 Å². The summed E-state index contributed by atoms with van der Waals surface area (Å²) in [6, 6.07) is 16.5. The first-order valence-corrected chi connectivity index (χ1v) is 9.11. The molecule has 0 radical (unpaired) electrons. The Bertz CT molecular complexity index is 1240. The number of carbonyl (C=O) groups is 2. The highest BCUT2D eigenvalue weighted by molar-refractivity contribution is 6.03. The van der Waals surface area contributed by atoms with E-state index in [9.17, 15) is 9.59 Å². The van der Waals surface area contributed by atoms with Crippen molar-refractivity contribution in [1.82, 2.24) is 15.0 Å². The monoisotopic (exact) mass is 386 g/mol. The van der Waals surface area contributed by atoms with Crippen LogP contribution in [0.1, 0.15) is 23.1 Å². The third kappa shape index (κ3) is 3.89. The number of carbonyl (C=O) groups excluding carboxylic acids is 2. The van der Waals surface area contributed by atoms with Gasteiger partial charge in [-0.1, -0.05) is 30.3 Å². The summed E-state index contributed by atoms with van der Waals surface area (Å²) in [4.78, 5) is 37.9. The van der Waals surface area contributed by atoms with Crippen LogP contribution in [0.2, 0.25) is 0 Å². The van der Waals surface area contributed by atoms with Gasteiger partial charge in [0, 0.05) is 11.1 Å². The maximum atomic E-state index is 12.6. The Hall–Kier alpha value is -3.87. The quantitative estimate of drug-likeness (QED) is 0.538. The summed E-state index contributed by atoms with van der Waals surface area (Å²) in [5, 5.41) is 3.63. The molecule has 1 amide bonds. The number of hydrogen-bond acceptors (Lipinski definition) is 6. The van der Waals surface area contributed by atoms with E-state index >= 15 is 0 Å². The molecule has 144 valence electrons. The summed E-state index contributed by atoms with van der Waals surface area (Å²) < 4.78 is 5.29. The number of aryl methyl sites for hydroxylation is 1. The van der Waals surface area contributed by atoms with Crippen LogP contribution in [0.3, 0.4) is 0 Å². The van der Waals surface area contributed by atoms with Crippen molar-refractivity contribution >= 4 is 39.5 Å². The zero-order valence-corrected chi connectivity index (χ0v) is 15.9. The Labute approximate surface area is 166 Å². The lowest BCUT2D eigenvalue weighted by Crippen LogP contribution is -2.30. The van der Waals surface area contributed by atoms with Gasteiger partial charge in [-0.05, 0) is 38.1 Å². The zero-order chi connectivity index (χ0) is 20.4. The molecular weight excluding hydrogens is 368 g/mol. The average molecular weight is 386 g/mol. The number of para-hydroxylation sites is 3. The number of nitrogens with zero attached hydrogens (tertiary/aromatic N) is 3. The van der Waals surface area contributed by atoms with Crippen LogP contribution in [0.15, 0.2) is 60.8 Å². The molecule has 4 rings (SSSR count). The van der Waals surface area contributed by atoms with E-state index in [0.29, 0.717) is 16.7 Å². The van der Waals surface area contributed by atoms with Crippen LogP contribution in [0.25, 0.3) is 21.9 Å². The van der Waals surface area contributed by atoms with E-state index in [-0.39, 0.29) is 5.69 Å². The minimum Gasteiger partial charge on any atom is -0.448 e. The molecule has 7 nitrogen and oxygen atoms in total. The SMILES string of the molecule is Cc1cc(NC(=O)C(C)OC(=O)c2cnc3ccccc3n2)c2ccccc2n1. The lowest BCUT2D eigenvalue weighted by molar-refractivity contribution is -0.123. The second kappa shape index (κ2) is 7.63. The van der Waals surface area contributed by atoms with Gasteiger partial charge < -0.3 is 10.1 Å². The topological polar surface area (TPSA) is 94.1 Å². The minimum absolute atomic E-state index is 0.0496. The van der Waals surface area contributed by atoms with Crippen LogP contribution in [0.4, 0.5) is 5.69 Å². The summed E-state index contributed by atoms with van der Waals surface area (Å²) in [6.07, 6.45) is 0.331. The predicted molar refractivity (Wildman–Crippen MR) is 110 cm³/mol. The molecule has 0 fully saturated rings. The number of pyridine rings is 1. The summed E-state index contributed by atoms with van der Waals surface area (Å²) >= 11 is 0. The largest absolute Gasteiger partial charge is 0.448 e. The molecule has 7 heteroatoms. The van der Waals surface area contributed by atoms with Crippen molar-refractivity contribution in [1.29, 1.82) is 0 Å². The Morgan fingerprint density at radius 2 is 1.66 bits per heavy atom. The number of fused-ring (bicyclic) bond motifs is 2. The third-order valence-corrected chi connectivity index (χ3v) is 4.41. The number of aromatic nitrogens is 3. The Morgan fingerprint density at radius 3 is 2.45 bits per heavy atom. The fourth-order valence-electron chi connectivity index (χ4n) is 2.98. The van der Waals surface area contributed by atoms with E-state index in [4.69, 9.17) is 4.74 Å². The number of benzene rings is 2. The highest BCUT2D eigenvalue weighted by atomic mass is 16.5. The third-order valence-electron chi connectivity index (χ3n) is 4.41. The molecule has 2 heterocycles. The van der Waals surface area contributed by atoms with Crippen molar-refractivity contribution in [3.05, 3.63) is 72.2 Å². The number of esters is 1. The molecule has 29 heavy (non-hydrogen) atoms. The zero-order valence-electron chi connectivity index (χ0n) is 15.9. The first kappa shape index (κ1) is 18.5. The molecular formula is C22H18N4O3. The van der Waals surface area contributed by atoms with Crippen molar-refractivity contribution in [3.63, 3.8) is 0 Å². The van der Waals surface area contributed by atoms with Crippen LogP contribution in [-0.4, -0.2) is 32.9 Å². The van der Waals surface area contributed by atoms with Crippen LogP contribution >= 0.6 is 0 Å². The molecule has 0 spiro atoms. The van der Waals surface area contributed by atoms with Crippen molar-refractivity contribution in [2.75, 3.05) is 5.32 Å². The molecule has 4 aromatic rings. The Morgan fingerprint density at radius 1 is 0.966 bits per heavy atom. The normalized spacial score (nSPS) is 11.9. The molecule has 1 atom stereocenters. The molecule has 0 aliphatic carbocycles. The van der Waals surface area contributed by atoms with Crippen molar-refractivity contribution in [3.8, 4) is 0 Å². The summed E-state index contributed by atoms with van der Waals surface area (Å²) in [5.41, 5.74) is 3.47. The van der Waals surface area contributed by atoms with Gasteiger partial charge in [0.15, 0.2) is 11.8 Å². The van der Waals surface area contributed by atoms with Gasteiger partial charge in [0.05, 0.1) is 28.4 Å². The predicted octanol–water partition coefficient (Wildman–Crippen LogP) is 3.67. The smallest absolute Gasteiger partial charge is 0.359 e. The van der Waals surface area contributed by atoms with Gasteiger partial charge in [-0.15, -0.1) is 0 Å². The Balaban J connectivity index is 1.50. The van der Waals surface area contributed by atoms with Gasteiger partial charge in [0.1, 0.15) is 0 Å². The van der Waals surface area contributed by atoms with Crippen LogP contribution in [0, 0.1) is 6.92 Å². The lowest BCUT2D eigenvalue weighted by atomic mass is 10.1. The number of rotatable bonds is 4. The standard InChI is InChI=1S/C22H18N4O3/c1-13-11-19(15-7-3-4-8-16(15)24-13)26-21(27)14(2)29-22(28)20-12-23-17-9-5-6-10-18(17)25-20/h3-12,14H,1-2H3,(H,24,26,27). The van der Waals surface area contributed by atoms with Gasteiger partial charge in [-0.25, -0.2) is 9.78 Å². The van der Waals surface area contributed by atoms with Crippen LogP contribution in [-0.2, 0) is 9.53 Å². The van der Waals surface area contributed by atoms with E-state index in [0.717, 1.165) is 16.6 Å². The Kier molecular flexibility index (Phi) is 4.87. The second-order valence-corrected chi connectivity index (χ2v) is 6.61. The number of amides is 1. The van der Waals surface area contributed by atoms with E-state index in [1.165, 1.54) is 13.1 Å². The molecule has 0 aliphatic rings. The van der Waals surface area contributed by atoms with Crippen LogP contribution in [0.5, 0.6) is 0 Å². The molecule has 2 aromatic heterocycles. The summed E-state index contributed by atoms with van der Waals surface area (Å²) in [5.74, 6) is -1.15. The van der Waals surface area contributed by atoms with Gasteiger partial charge in [-0.2, -0.15) is 0 Å². The van der Waals surface area contributed by atoms with E-state index < -0.39 is 18.0 Å². The molecule has 0 aliphatic heterocycles. The maximum Gasteiger partial charge on any atom is 0.359 e. The first-order chi connectivity index (χ1) is 14.0. The molecule has 2 aromatic carbocycles. The summed E-state index contributed by atoms with van der Waals surface area (Å²) in [7, 11) is 0. The van der Waals surface area contributed by atoms with Gasteiger partial charge in [-0.3, -0.25) is 14.8 Å². The first-order valence-electron chi connectivity index (χ1n) is 9.11. The van der Waals surface area contributed by atoms with Gasteiger partial charge in [0.25, 0.3) is 5.91 Å². The molecule has 1 N–H and O–H groups in total. The average Bonchev–Trinajstić information content (AvgIpc) is 2.73. The van der Waals surface area contributed by atoms with Crippen molar-refractivity contribution < 1.29 is 14.3 Å². The number of ether oxygens (including phenoxy) is 1. The fraction of sp³-hybridized carbons (Fsp3) is 0.136. The van der Waals surface area contributed by atoms with Crippen molar-refractivity contribution in [2.24, 2.45) is 0 Å². The number of anilines is 1. The van der Waals surface area contributed by atoms with Crippen LogP contribution < -0.4 is 5.32 Å². The highest BCUT2D eigenvalue weighted by Gasteiger charge is 2.21. The fourth-order valence-corrected chi connectivity index (χ4v) is 2.98. The minimum atomic E-state index is -1.01. The molecule has 0 saturated heterocycles.